The number of esters is 1. The lowest BCUT2D eigenvalue weighted by atomic mass is 9.84. The van der Waals surface area contributed by atoms with E-state index in [-0.39, 0.29) is 23.8 Å². The van der Waals surface area contributed by atoms with Crippen molar-refractivity contribution >= 4 is 23.5 Å². The minimum Gasteiger partial charge on any atom is -0.467 e. The van der Waals surface area contributed by atoms with E-state index >= 15 is 0 Å². The fourth-order valence-electron chi connectivity index (χ4n) is 5.36. The maximum absolute atomic E-state index is 13.5. The van der Waals surface area contributed by atoms with Gasteiger partial charge in [0.15, 0.2) is 0 Å². The van der Waals surface area contributed by atoms with Crippen LogP contribution in [0.4, 0.5) is 5.69 Å². The number of ether oxygens (including phenoxy) is 1. The zero-order valence-electron chi connectivity index (χ0n) is 17.5. The summed E-state index contributed by atoms with van der Waals surface area (Å²) in [6.45, 7) is 4.59. The first-order valence-electron chi connectivity index (χ1n) is 10.7. The number of rotatable bonds is 3. The van der Waals surface area contributed by atoms with Gasteiger partial charge in [-0.3, -0.25) is 9.59 Å². The summed E-state index contributed by atoms with van der Waals surface area (Å²) in [6.07, 6.45) is 5.30. The van der Waals surface area contributed by atoms with Crippen molar-refractivity contribution in [3.8, 4) is 0 Å². The molecule has 3 fully saturated rings. The topological polar surface area (TPSA) is 66.9 Å². The molecule has 1 aromatic rings. The summed E-state index contributed by atoms with van der Waals surface area (Å²) in [5.74, 6) is -1.06. The van der Waals surface area contributed by atoms with E-state index in [1.165, 1.54) is 12.7 Å². The molecule has 0 aromatic heterocycles. The van der Waals surface area contributed by atoms with Gasteiger partial charge in [-0.05, 0) is 68.7 Å². The lowest BCUT2D eigenvalue weighted by molar-refractivity contribution is -0.155. The van der Waals surface area contributed by atoms with Crippen LogP contribution < -0.4 is 4.90 Å². The highest BCUT2D eigenvalue weighted by molar-refractivity contribution is 6.10. The van der Waals surface area contributed by atoms with Gasteiger partial charge in [-0.2, -0.15) is 0 Å². The molecule has 0 bridgehead atoms. The number of carbonyl (C=O) groups excluding carboxylic acids is 3. The molecule has 2 saturated heterocycles. The number of methoxy groups -OCH3 is 1. The summed E-state index contributed by atoms with van der Waals surface area (Å²) in [5, 5.41) is 0. The van der Waals surface area contributed by atoms with E-state index in [1.54, 1.807) is 9.80 Å². The van der Waals surface area contributed by atoms with Crippen LogP contribution in [0.25, 0.3) is 0 Å². The fraction of sp³-hybridized carbons (Fsp3) is 0.609. The van der Waals surface area contributed by atoms with Crippen LogP contribution in [0.1, 0.15) is 49.7 Å². The minimum absolute atomic E-state index is 0.0591. The number of hydrogen-bond acceptors (Lipinski definition) is 4. The third-order valence-electron chi connectivity index (χ3n) is 7.12. The van der Waals surface area contributed by atoms with E-state index in [0.717, 1.165) is 36.9 Å². The molecule has 0 radical (unpaired) electrons. The first-order chi connectivity index (χ1) is 13.9. The normalized spacial score (nSPS) is 29.1. The molecule has 0 N–H and O–H groups in total. The lowest BCUT2D eigenvalue weighted by Gasteiger charge is -2.34. The van der Waals surface area contributed by atoms with Crippen molar-refractivity contribution in [3.63, 3.8) is 0 Å². The van der Waals surface area contributed by atoms with Crippen LogP contribution in [-0.4, -0.2) is 48.4 Å². The van der Waals surface area contributed by atoms with Gasteiger partial charge >= 0.3 is 5.97 Å². The molecule has 4 atom stereocenters. The van der Waals surface area contributed by atoms with Crippen LogP contribution in [-0.2, 0) is 19.1 Å². The number of fused-ring (bicyclic) bond motifs is 1. The second-order valence-electron chi connectivity index (χ2n) is 8.73. The molecule has 3 aliphatic rings. The highest BCUT2D eigenvalue weighted by Gasteiger charge is 2.51. The van der Waals surface area contributed by atoms with Gasteiger partial charge < -0.3 is 14.5 Å². The maximum atomic E-state index is 13.5. The number of amides is 2. The monoisotopic (exact) mass is 398 g/mol. The second kappa shape index (κ2) is 7.81. The van der Waals surface area contributed by atoms with Gasteiger partial charge in [-0.25, -0.2) is 4.79 Å². The standard InChI is InChI=1S/C23H30N2O4/c1-14-8-9-17(12-15(14)2)24-11-10-18(21(24)26)22(27)25-19-7-5-4-6-16(19)13-20(25)23(28)29-3/h8-9,12,16,18-20H,4-7,10-11,13H2,1-3H3. The quantitative estimate of drug-likeness (QED) is 0.580. The van der Waals surface area contributed by atoms with Crippen molar-refractivity contribution in [2.75, 3.05) is 18.6 Å². The Morgan fingerprint density at radius 2 is 1.83 bits per heavy atom. The predicted molar refractivity (Wildman–Crippen MR) is 109 cm³/mol. The summed E-state index contributed by atoms with van der Waals surface area (Å²) < 4.78 is 5.00. The number of nitrogens with zero attached hydrogens (tertiary/aromatic N) is 2. The summed E-state index contributed by atoms with van der Waals surface area (Å²) >= 11 is 0. The van der Waals surface area contributed by atoms with Gasteiger partial charge in [-0.1, -0.05) is 18.9 Å². The fourth-order valence-corrected chi connectivity index (χ4v) is 5.36. The van der Waals surface area contributed by atoms with E-state index in [9.17, 15) is 14.4 Å². The molecule has 6 heteroatoms. The largest absolute Gasteiger partial charge is 0.467 e. The van der Waals surface area contributed by atoms with Gasteiger partial charge in [0.25, 0.3) is 0 Å². The number of benzene rings is 1. The van der Waals surface area contributed by atoms with Crippen LogP contribution in [0.15, 0.2) is 18.2 Å². The predicted octanol–water partition coefficient (Wildman–Crippen LogP) is 2.99. The average molecular weight is 399 g/mol. The van der Waals surface area contributed by atoms with Crippen molar-refractivity contribution in [1.82, 2.24) is 4.90 Å². The lowest BCUT2D eigenvalue weighted by Crippen LogP contribution is -2.50. The van der Waals surface area contributed by atoms with Crippen LogP contribution >= 0.6 is 0 Å². The van der Waals surface area contributed by atoms with E-state index in [0.29, 0.717) is 25.3 Å². The van der Waals surface area contributed by atoms with Crippen molar-refractivity contribution in [1.29, 1.82) is 0 Å². The van der Waals surface area contributed by atoms with Crippen LogP contribution in [0.5, 0.6) is 0 Å². The zero-order chi connectivity index (χ0) is 20.7. The Balaban J connectivity index is 1.57. The van der Waals surface area contributed by atoms with E-state index in [4.69, 9.17) is 4.74 Å². The Morgan fingerprint density at radius 1 is 1.07 bits per heavy atom. The van der Waals surface area contributed by atoms with Gasteiger partial charge in [0, 0.05) is 18.3 Å². The molecular formula is C23H30N2O4. The van der Waals surface area contributed by atoms with E-state index in [2.05, 4.69) is 0 Å². The van der Waals surface area contributed by atoms with Crippen LogP contribution in [0.2, 0.25) is 0 Å². The van der Waals surface area contributed by atoms with Crippen molar-refractivity contribution in [3.05, 3.63) is 29.3 Å². The highest BCUT2D eigenvalue weighted by Crippen LogP contribution is 2.42. The van der Waals surface area contributed by atoms with Crippen LogP contribution in [0.3, 0.4) is 0 Å². The Hall–Kier alpha value is -2.37. The number of likely N-dealkylation sites (tertiary alicyclic amines) is 1. The molecule has 4 unspecified atom stereocenters. The number of carbonyl (C=O) groups is 3. The number of anilines is 1. The van der Waals surface area contributed by atoms with Crippen LogP contribution in [0, 0.1) is 25.7 Å². The molecule has 1 aliphatic carbocycles. The third-order valence-corrected chi connectivity index (χ3v) is 7.12. The van der Waals surface area contributed by atoms with Crippen molar-refractivity contribution in [2.45, 2.75) is 64.5 Å². The van der Waals surface area contributed by atoms with Crippen molar-refractivity contribution < 1.29 is 19.1 Å². The third kappa shape index (κ3) is 3.43. The molecule has 1 saturated carbocycles. The molecule has 2 aliphatic heterocycles. The molecule has 2 amide bonds. The summed E-state index contributed by atoms with van der Waals surface area (Å²) in [4.78, 5) is 42.5. The second-order valence-corrected chi connectivity index (χ2v) is 8.73. The zero-order valence-corrected chi connectivity index (χ0v) is 17.5. The average Bonchev–Trinajstić information content (AvgIpc) is 3.30. The molecule has 6 nitrogen and oxygen atoms in total. The molecule has 2 heterocycles. The maximum Gasteiger partial charge on any atom is 0.328 e. The summed E-state index contributed by atoms with van der Waals surface area (Å²) in [7, 11) is 1.37. The Kier molecular flexibility index (Phi) is 5.36. The highest BCUT2D eigenvalue weighted by atomic mass is 16.5. The molecule has 1 aromatic carbocycles. The molecule has 0 spiro atoms. The van der Waals surface area contributed by atoms with E-state index in [1.807, 2.05) is 32.0 Å². The number of aryl methyl sites for hydroxylation is 2. The first kappa shape index (κ1) is 19.9. The summed E-state index contributed by atoms with van der Waals surface area (Å²) in [6, 6.07) is 5.46. The Morgan fingerprint density at radius 3 is 2.55 bits per heavy atom. The smallest absolute Gasteiger partial charge is 0.328 e. The van der Waals surface area contributed by atoms with Gasteiger partial charge in [0.05, 0.1) is 7.11 Å². The SMILES string of the molecule is COC(=O)C1CC2CCCCC2N1C(=O)C1CCN(c2ccc(C)c(C)c2)C1=O. The minimum atomic E-state index is -0.704. The molecule has 156 valence electrons. The van der Waals surface area contributed by atoms with E-state index < -0.39 is 12.0 Å². The van der Waals surface area contributed by atoms with Gasteiger partial charge in [0.1, 0.15) is 12.0 Å². The van der Waals surface area contributed by atoms with Gasteiger partial charge in [-0.15, -0.1) is 0 Å². The number of hydrogen-bond donors (Lipinski definition) is 0. The molecule has 29 heavy (non-hydrogen) atoms. The van der Waals surface area contributed by atoms with Gasteiger partial charge in [0.2, 0.25) is 11.8 Å². The first-order valence-corrected chi connectivity index (χ1v) is 10.7. The summed E-state index contributed by atoms with van der Waals surface area (Å²) in [5.41, 5.74) is 3.14. The van der Waals surface area contributed by atoms with Crippen molar-refractivity contribution in [2.24, 2.45) is 11.8 Å². The molecular weight excluding hydrogens is 368 g/mol. The molecule has 4 rings (SSSR count). The Bertz CT molecular complexity index is 836. The Labute approximate surface area is 172 Å².